The van der Waals surface area contributed by atoms with E-state index in [2.05, 4.69) is 4.98 Å². The SMILES string of the molecule is Nc1ccc(C(=O)c2ccnc3ccccc23)cc1. The summed E-state index contributed by atoms with van der Waals surface area (Å²) in [6, 6.07) is 16.3. The van der Waals surface area contributed by atoms with Crippen LogP contribution >= 0.6 is 0 Å². The summed E-state index contributed by atoms with van der Waals surface area (Å²) in [7, 11) is 0. The minimum absolute atomic E-state index is 0.0152. The molecular weight excluding hydrogens is 236 g/mol. The molecule has 0 aliphatic carbocycles. The Morgan fingerprint density at radius 1 is 0.947 bits per heavy atom. The molecule has 3 rings (SSSR count). The lowest BCUT2D eigenvalue weighted by Crippen LogP contribution is -2.02. The summed E-state index contributed by atoms with van der Waals surface area (Å²) < 4.78 is 0. The zero-order valence-corrected chi connectivity index (χ0v) is 10.2. The number of nitrogens with two attached hydrogens (primary N) is 1. The minimum Gasteiger partial charge on any atom is -0.399 e. The first kappa shape index (κ1) is 11.4. The van der Waals surface area contributed by atoms with Crippen LogP contribution in [0.15, 0.2) is 60.8 Å². The van der Waals surface area contributed by atoms with Crippen molar-refractivity contribution in [2.24, 2.45) is 0 Å². The van der Waals surface area contributed by atoms with E-state index in [1.54, 1.807) is 36.5 Å². The van der Waals surface area contributed by atoms with Gasteiger partial charge in [-0.2, -0.15) is 0 Å². The summed E-state index contributed by atoms with van der Waals surface area (Å²) in [4.78, 5) is 16.8. The number of nitrogen functional groups attached to an aromatic ring is 1. The fourth-order valence-electron chi connectivity index (χ4n) is 2.08. The van der Waals surface area contributed by atoms with Gasteiger partial charge in [0.2, 0.25) is 0 Å². The van der Waals surface area contributed by atoms with E-state index in [1.807, 2.05) is 24.3 Å². The quantitative estimate of drug-likeness (QED) is 0.560. The molecule has 2 N–H and O–H groups in total. The third-order valence-electron chi connectivity index (χ3n) is 3.07. The maximum absolute atomic E-state index is 12.5. The summed E-state index contributed by atoms with van der Waals surface area (Å²) >= 11 is 0. The molecule has 0 spiro atoms. The Balaban J connectivity index is 2.14. The number of anilines is 1. The van der Waals surface area contributed by atoms with Gasteiger partial charge in [0.15, 0.2) is 5.78 Å². The molecule has 3 nitrogen and oxygen atoms in total. The van der Waals surface area contributed by atoms with E-state index < -0.39 is 0 Å². The highest BCUT2D eigenvalue weighted by atomic mass is 16.1. The summed E-state index contributed by atoms with van der Waals surface area (Å²) in [6.07, 6.45) is 1.66. The van der Waals surface area contributed by atoms with Crippen molar-refractivity contribution in [3.05, 3.63) is 71.9 Å². The molecule has 0 radical (unpaired) electrons. The number of benzene rings is 2. The standard InChI is InChI=1S/C16H12N2O/c17-12-7-5-11(6-8-12)16(19)14-9-10-18-15-4-2-1-3-13(14)15/h1-10H,17H2. The summed E-state index contributed by atoms with van der Waals surface area (Å²) in [6.45, 7) is 0. The average molecular weight is 248 g/mol. The highest BCUT2D eigenvalue weighted by Crippen LogP contribution is 2.20. The summed E-state index contributed by atoms with van der Waals surface area (Å²) in [5, 5.41) is 0.867. The van der Waals surface area contributed by atoms with Crippen LogP contribution in [0.3, 0.4) is 0 Å². The maximum atomic E-state index is 12.5. The third kappa shape index (κ3) is 2.06. The van der Waals surface area contributed by atoms with Crippen molar-refractivity contribution >= 4 is 22.4 Å². The highest BCUT2D eigenvalue weighted by Gasteiger charge is 2.12. The molecule has 1 heterocycles. The van der Waals surface area contributed by atoms with E-state index in [-0.39, 0.29) is 5.78 Å². The van der Waals surface area contributed by atoms with Crippen LogP contribution in [0.25, 0.3) is 10.9 Å². The van der Waals surface area contributed by atoms with Gasteiger partial charge < -0.3 is 5.73 Å². The van der Waals surface area contributed by atoms with Crippen molar-refractivity contribution in [1.82, 2.24) is 4.98 Å². The Labute approximate surface area is 110 Å². The monoisotopic (exact) mass is 248 g/mol. The number of pyridine rings is 1. The van der Waals surface area contributed by atoms with E-state index in [1.165, 1.54) is 0 Å². The van der Waals surface area contributed by atoms with Gasteiger partial charge in [0, 0.05) is 28.4 Å². The number of ketones is 1. The van der Waals surface area contributed by atoms with Crippen LogP contribution in [-0.4, -0.2) is 10.8 Å². The van der Waals surface area contributed by atoms with Crippen LogP contribution in [-0.2, 0) is 0 Å². The van der Waals surface area contributed by atoms with Crippen LogP contribution in [0.4, 0.5) is 5.69 Å². The van der Waals surface area contributed by atoms with Crippen LogP contribution < -0.4 is 5.73 Å². The van der Waals surface area contributed by atoms with E-state index in [0.717, 1.165) is 10.9 Å². The van der Waals surface area contributed by atoms with Gasteiger partial charge in [-0.25, -0.2) is 0 Å². The molecule has 0 atom stereocenters. The van der Waals surface area contributed by atoms with Gasteiger partial charge in [-0.3, -0.25) is 9.78 Å². The summed E-state index contributed by atoms with van der Waals surface area (Å²) in [5.41, 5.74) is 8.40. The van der Waals surface area contributed by atoms with Gasteiger partial charge in [0.05, 0.1) is 5.52 Å². The number of carbonyl (C=O) groups excluding carboxylic acids is 1. The zero-order valence-electron chi connectivity index (χ0n) is 10.2. The average Bonchev–Trinajstić information content (AvgIpc) is 2.47. The lowest BCUT2D eigenvalue weighted by molar-refractivity contribution is 0.104. The first-order valence-electron chi connectivity index (χ1n) is 6.00. The van der Waals surface area contributed by atoms with E-state index in [0.29, 0.717) is 16.8 Å². The number of hydrogen-bond donors (Lipinski definition) is 1. The molecule has 0 amide bonds. The molecule has 0 unspecified atom stereocenters. The molecule has 1 aromatic heterocycles. The molecule has 0 saturated heterocycles. The molecule has 3 heteroatoms. The van der Waals surface area contributed by atoms with Gasteiger partial charge in [-0.15, -0.1) is 0 Å². The van der Waals surface area contributed by atoms with Crippen LogP contribution in [0.5, 0.6) is 0 Å². The summed E-state index contributed by atoms with van der Waals surface area (Å²) in [5.74, 6) is -0.0152. The minimum atomic E-state index is -0.0152. The first-order valence-corrected chi connectivity index (χ1v) is 6.00. The zero-order chi connectivity index (χ0) is 13.2. The van der Waals surface area contributed by atoms with Gasteiger partial charge in [0.1, 0.15) is 0 Å². The third-order valence-corrected chi connectivity index (χ3v) is 3.07. The number of carbonyl (C=O) groups is 1. The molecule has 0 fully saturated rings. The molecular formula is C16H12N2O. The number of hydrogen-bond acceptors (Lipinski definition) is 3. The largest absolute Gasteiger partial charge is 0.399 e. The molecule has 3 aromatic rings. The molecule has 92 valence electrons. The van der Waals surface area contributed by atoms with Crippen molar-refractivity contribution < 1.29 is 4.79 Å². The Hall–Kier alpha value is -2.68. The lowest BCUT2D eigenvalue weighted by atomic mass is 10.00. The predicted molar refractivity (Wildman–Crippen MR) is 76.0 cm³/mol. The molecule has 0 saturated carbocycles. The number of para-hydroxylation sites is 1. The second-order valence-corrected chi connectivity index (χ2v) is 4.33. The Morgan fingerprint density at radius 3 is 2.47 bits per heavy atom. The Morgan fingerprint density at radius 2 is 1.68 bits per heavy atom. The number of aromatic nitrogens is 1. The first-order chi connectivity index (χ1) is 9.25. The van der Waals surface area contributed by atoms with Crippen LogP contribution in [0, 0.1) is 0 Å². The van der Waals surface area contributed by atoms with Crippen molar-refractivity contribution in [3.63, 3.8) is 0 Å². The van der Waals surface area contributed by atoms with Gasteiger partial charge in [0.25, 0.3) is 0 Å². The molecule has 0 aliphatic heterocycles. The molecule has 2 aromatic carbocycles. The van der Waals surface area contributed by atoms with E-state index in [9.17, 15) is 4.79 Å². The number of rotatable bonds is 2. The smallest absolute Gasteiger partial charge is 0.193 e. The fraction of sp³-hybridized carbons (Fsp3) is 0. The fourth-order valence-corrected chi connectivity index (χ4v) is 2.08. The number of fused-ring (bicyclic) bond motifs is 1. The Bertz CT molecular complexity index is 743. The normalized spacial score (nSPS) is 10.5. The lowest BCUT2D eigenvalue weighted by Gasteiger charge is -2.05. The predicted octanol–water partition coefficient (Wildman–Crippen LogP) is 3.05. The van der Waals surface area contributed by atoms with Gasteiger partial charge in [-0.1, -0.05) is 18.2 Å². The highest BCUT2D eigenvalue weighted by molar-refractivity contribution is 6.15. The second-order valence-electron chi connectivity index (χ2n) is 4.33. The van der Waals surface area contributed by atoms with Crippen molar-refractivity contribution in [2.45, 2.75) is 0 Å². The Kier molecular flexibility index (Phi) is 2.72. The van der Waals surface area contributed by atoms with Gasteiger partial charge >= 0.3 is 0 Å². The topological polar surface area (TPSA) is 56.0 Å². The maximum Gasteiger partial charge on any atom is 0.193 e. The van der Waals surface area contributed by atoms with E-state index in [4.69, 9.17) is 5.73 Å². The van der Waals surface area contributed by atoms with E-state index >= 15 is 0 Å². The van der Waals surface area contributed by atoms with Crippen molar-refractivity contribution in [2.75, 3.05) is 5.73 Å². The molecule has 19 heavy (non-hydrogen) atoms. The second kappa shape index (κ2) is 4.53. The van der Waals surface area contributed by atoms with Crippen LogP contribution in [0.2, 0.25) is 0 Å². The molecule has 0 aliphatic rings. The van der Waals surface area contributed by atoms with Crippen molar-refractivity contribution in [3.8, 4) is 0 Å². The molecule has 0 bridgehead atoms. The van der Waals surface area contributed by atoms with Crippen molar-refractivity contribution in [1.29, 1.82) is 0 Å². The van der Waals surface area contributed by atoms with Crippen LogP contribution in [0.1, 0.15) is 15.9 Å². The van der Waals surface area contributed by atoms with Gasteiger partial charge in [-0.05, 0) is 36.4 Å². The number of nitrogens with zero attached hydrogens (tertiary/aromatic N) is 1.